The number of carbonyl (C=O) groups is 1. The fourth-order valence-electron chi connectivity index (χ4n) is 2.32. The lowest BCUT2D eigenvalue weighted by molar-refractivity contribution is 0.0693. The monoisotopic (exact) mass is 339 g/mol. The minimum atomic E-state index is -0.912. The van der Waals surface area contributed by atoms with Gasteiger partial charge in [-0.15, -0.1) is 16.9 Å². The van der Waals surface area contributed by atoms with E-state index >= 15 is 0 Å². The zero-order valence-corrected chi connectivity index (χ0v) is 13.8. The highest BCUT2D eigenvalue weighted by molar-refractivity contribution is 7.98. The minimum absolute atomic E-state index is 0.318. The van der Waals surface area contributed by atoms with Crippen LogP contribution in [0, 0.1) is 0 Å². The number of carboxylic acid groups (broad SMARTS) is 1. The predicted octanol–water partition coefficient (Wildman–Crippen LogP) is 3.51. The van der Waals surface area contributed by atoms with E-state index in [2.05, 4.69) is 22.4 Å². The highest BCUT2D eigenvalue weighted by Crippen LogP contribution is 2.25. The molecule has 5 nitrogen and oxygen atoms in total. The van der Waals surface area contributed by atoms with Crippen LogP contribution >= 0.6 is 11.8 Å². The number of hydrogen-bond acceptors (Lipinski definition) is 4. The van der Waals surface area contributed by atoms with E-state index in [9.17, 15) is 9.90 Å². The maximum Gasteiger partial charge on any atom is 0.336 e. The number of hydrogen-bond donors (Lipinski definition) is 1. The van der Waals surface area contributed by atoms with E-state index in [1.165, 1.54) is 17.3 Å². The number of benzene rings is 2. The fourth-order valence-corrected chi connectivity index (χ4v) is 3.24. The topological polar surface area (TPSA) is 68.0 Å². The van der Waals surface area contributed by atoms with Gasteiger partial charge in [-0.3, -0.25) is 4.68 Å². The minimum Gasteiger partial charge on any atom is -0.478 e. The van der Waals surface area contributed by atoms with Crippen molar-refractivity contribution >= 4 is 17.7 Å². The summed E-state index contributed by atoms with van der Waals surface area (Å²) in [5.41, 5.74) is 2.42. The molecule has 0 amide bonds. The molecule has 0 saturated heterocycles. The second-order valence-corrected chi connectivity index (χ2v) is 6.32. The highest BCUT2D eigenvalue weighted by Gasteiger charge is 2.10. The van der Waals surface area contributed by atoms with Crippen LogP contribution < -0.4 is 0 Å². The first kappa shape index (κ1) is 16.3. The van der Waals surface area contributed by atoms with Crippen molar-refractivity contribution < 1.29 is 9.90 Å². The summed E-state index contributed by atoms with van der Waals surface area (Å²) in [4.78, 5) is 12.0. The summed E-state index contributed by atoms with van der Waals surface area (Å²) in [5, 5.41) is 17.5. The van der Waals surface area contributed by atoms with Crippen LogP contribution in [0.4, 0.5) is 0 Å². The second-order valence-electron chi connectivity index (χ2n) is 5.30. The summed E-state index contributed by atoms with van der Waals surface area (Å²) in [6.07, 6.45) is 2.82. The van der Waals surface area contributed by atoms with Gasteiger partial charge in [-0.1, -0.05) is 47.7 Å². The average Bonchev–Trinajstić information content (AvgIpc) is 3.07. The van der Waals surface area contributed by atoms with Crippen molar-refractivity contribution in [2.75, 3.05) is 0 Å². The Morgan fingerprint density at radius 1 is 1.08 bits per heavy atom. The maximum absolute atomic E-state index is 11.2. The Kier molecular flexibility index (Phi) is 5.28. The third-order valence-corrected chi connectivity index (χ3v) is 4.66. The first-order valence-corrected chi connectivity index (χ1v) is 8.59. The molecule has 3 rings (SSSR count). The molecule has 0 aliphatic heterocycles. The Bertz CT molecular complexity index is 818. The molecule has 0 bridgehead atoms. The molecular weight excluding hydrogens is 322 g/mol. The van der Waals surface area contributed by atoms with Crippen molar-refractivity contribution in [1.29, 1.82) is 0 Å². The van der Waals surface area contributed by atoms with E-state index < -0.39 is 5.97 Å². The van der Waals surface area contributed by atoms with Crippen LogP contribution in [0.5, 0.6) is 0 Å². The van der Waals surface area contributed by atoms with Crippen LogP contribution in [0.1, 0.15) is 21.6 Å². The lowest BCUT2D eigenvalue weighted by Crippen LogP contribution is -2.01. The zero-order chi connectivity index (χ0) is 16.8. The van der Waals surface area contributed by atoms with Gasteiger partial charge in [0.05, 0.1) is 11.3 Å². The molecule has 0 saturated carbocycles. The molecule has 24 heavy (non-hydrogen) atoms. The first-order chi connectivity index (χ1) is 11.7. The molecule has 0 spiro atoms. The normalized spacial score (nSPS) is 10.7. The summed E-state index contributed by atoms with van der Waals surface area (Å²) < 4.78 is 1.83. The highest BCUT2D eigenvalue weighted by atomic mass is 32.2. The smallest absolute Gasteiger partial charge is 0.336 e. The van der Waals surface area contributed by atoms with Gasteiger partial charge in [0.15, 0.2) is 0 Å². The van der Waals surface area contributed by atoms with E-state index in [1.54, 1.807) is 12.1 Å². The van der Waals surface area contributed by atoms with Gasteiger partial charge in [0, 0.05) is 23.4 Å². The molecular formula is C18H17N3O2S. The molecule has 2 aromatic carbocycles. The summed E-state index contributed by atoms with van der Waals surface area (Å²) in [6.45, 7) is 0.771. The third-order valence-electron chi connectivity index (χ3n) is 3.55. The van der Waals surface area contributed by atoms with Crippen LogP contribution in [-0.4, -0.2) is 26.1 Å². The maximum atomic E-state index is 11.2. The molecule has 0 fully saturated rings. The molecule has 1 aromatic heterocycles. The van der Waals surface area contributed by atoms with Crippen molar-refractivity contribution in [3.05, 3.63) is 77.6 Å². The predicted molar refractivity (Wildman–Crippen MR) is 93.1 cm³/mol. The molecule has 0 unspecified atom stereocenters. The molecule has 122 valence electrons. The molecule has 1 N–H and O–H groups in total. The van der Waals surface area contributed by atoms with Gasteiger partial charge in [0.2, 0.25) is 0 Å². The van der Waals surface area contributed by atoms with Crippen molar-refractivity contribution in [1.82, 2.24) is 15.0 Å². The first-order valence-electron chi connectivity index (χ1n) is 7.60. The second kappa shape index (κ2) is 7.79. The van der Waals surface area contributed by atoms with Crippen LogP contribution in [-0.2, 0) is 18.7 Å². The number of thioether (sulfide) groups is 1. The van der Waals surface area contributed by atoms with Gasteiger partial charge < -0.3 is 5.11 Å². The standard InChI is InChI=1S/C18H17N3O2S/c22-18(23)16-8-4-5-9-17(16)24-13-15-12-21(20-19-15)11-10-14-6-2-1-3-7-14/h1-9,12H,10-11,13H2,(H,22,23). The average molecular weight is 339 g/mol. The number of aryl methyl sites for hydroxylation is 2. The number of aromatic carboxylic acids is 1. The molecule has 0 radical (unpaired) electrons. The van der Waals surface area contributed by atoms with E-state index in [-0.39, 0.29) is 0 Å². The summed E-state index contributed by atoms with van der Waals surface area (Å²) in [5.74, 6) is -0.320. The Morgan fingerprint density at radius 2 is 1.83 bits per heavy atom. The molecule has 0 aliphatic rings. The number of carboxylic acids is 1. The van der Waals surface area contributed by atoms with Gasteiger partial charge in [-0.25, -0.2) is 4.79 Å². The van der Waals surface area contributed by atoms with Crippen molar-refractivity contribution in [2.45, 2.75) is 23.6 Å². The SMILES string of the molecule is O=C(O)c1ccccc1SCc1cn(CCc2ccccc2)nn1. The van der Waals surface area contributed by atoms with E-state index in [0.717, 1.165) is 23.6 Å². The van der Waals surface area contributed by atoms with E-state index in [0.29, 0.717) is 11.3 Å². The third kappa shape index (κ3) is 4.23. The van der Waals surface area contributed by atoms with Gasteiger partial charge in [0.25, 0.3) is 0 Å². The van der Waals surface area contributed by atoms with Crippen LogP contribution in [0.3, 0.4) is 0 Å². The van der Waals surface area contributed by atoms with Crippen LogP contribution in [0.15, 0.2) is 65.7 Å². The van der Waals surface area contributed by atoms with E-state index in [4.69, 9.17) is 0 Å². The molecule has 0 aliphatic carbocycles. The van der Waals surface area contributed by atoms with Gasteiger partial charge in [-0.2, -0.15) is 0 Å². The lowest BCUT2D eigenvalue weighted by Gasteiger charge is -2.03. The largest absolute Gasteiger partial charge is 0.478 e. The molecule has 3 aromatic rings. The quantitative estimate of drug-likeness (QED) is 0.667. The number of nitrogens with zero attached hydrogens (tertiary/aromatic N) is 3. The van der Waals surface area contributed by atoms with Gasteiger partial charge in [0.1, 0.15) is 0 Å². The van der Waals surface area contributed by atoms with Crippen molar-refractivity contribution in [2.24, 2.45) is 0 Å². The Morgan fingerprint density at radius 3 is 2.62 bits per heavy atom. The molecule has 6 heteroatoms. The van der Waals surface area contributed by atoms with Crippen molar-refractivity contribution in [3.63, 3.8) is 0 Å². The Labute approximate surface area is 144 Å². The molecule has 0 atom stereocenters. The summed E-state index contributed by atoms with van der Waals surface area (Å²) >= 11 is 1.46. The molecule has 1 heterocycles. The number of aromatic nitrogens is 3. The van der Waals surface area contributed by atoms with Crippen LogP contribution in [0.2, 0.25) is 0 Å². The van der Waals surface area contributed by atoms with Gasteiger partial charge in [-0.05, 0) is 24.1 Å². The zero-order valence-electron chi connectivity index (χ0n) is 13.0. The summed E-state index contributed by atoms with van der Waals surface area (Å²) in [6, 6.07) is 17.2. The van der Waals surface area contributed by atoms with Crippen LogP contribution in [0.25, 0.3) is 0 Å². The summed E-state index contributed by atoms with van der Waals surface area (Å²) in [7, 11) is 0. The Hall–Kier alpha value is -2.60. The van der Waals surface area contributed by atoms with E-state index in [1.807, 2.05) is 41.2 Å². The van der Waals surface area contributed by atoms with Crippen molar-refractivity contribution in [3.8, 4) is 0 Å². The fraction of sp³-hybridized carbons (Fsp3) is 0.167. The van der Waals surface area contributed by atoms with Gasteiger partial charge >= 0.3 is 5.97 Å². The number of rotatable bonds is 7. The Balaban J connectivity index is 1.58. The lowest BCUT2D eigenvalue weighted by atomic mass is 10.1.